The molecule has 7 aromatic rings. The number of nitrogens with one attached hydrogen (secondary N) is 2. The summed E-state index contributed by atoms with van der Waals surface area (Å²) in [6.07, 6.45) is 8.36. The zero-order valence-corrected chi connectivity index (χ0v) is 28.3. The minimum Gasteiger partial charge on any atom is -0.465 e. The van der Waals surface area contributed by atoms with E-state index in [9.17, 15) is 4.79 Å². The zero-order chi connectivity index (χ0) is 35.0. The van der Waals surface area contributed by atoms with Crippen LogP contribution in [0.3, 0.4) is 0 Å². The van der Waals surface area contributed by atoms with Gasteiger partial charge in [-0.15, -0.1) is 0 Å². The van der Waals surface area contributed by atoms with Crippen molar-refractivity contribution >= 4 is 52.3 Å². The molecular weight excluding hydrogens is 641 g/mol. The molecule has 0 saturated carbocycles. The monoisotopic (exact) mass is 672 g/mol. The van der Waals surface area contributed by atoms with Gasteiger partial charge in [-0.05, 0) is 83.0 Å². The van der Waals surface area contributed by atoms with Crippen LogP contribution in [0.2, 0.25) is 0 Å². The van der Waals surface area contributed by atoms with Gasteiger partial charge < -0.3 is 14.7 Å². The average molecular weight is 673 g/mol. The molecule has 0 spiro atoms. The lowest BCUT2D eigenvalue weighted by atomic mass is 10.0. The number of H-pyrrole nitrogens is 2. The highest BCUT2D eigenvalue weighted by atomic mass is 16.5. The van der Waals surface area contributed by atoms with Crippen LogP contribution >= 0.6 is 0 Å². The van der Waals surface area contributed by atoms with Crippen LogP contribution in [0.4, 0.5) is 0 Å². The van der Waals surface area contributed by atoms with Crippen molar-refractivity contribution in [3.05, 3.63) is 168 Å². The number of carbonyl (C=O) groups is 1. The van der Waals surface area contributed by atoms with E-state index >= 15 is 0 Å². The highest BCUT2D eigenvalue weighted by Gasteiger charge is 2.19. The van der Waals surface area contributed by atoms with Gasteiger partial charge in [0.15, 0.2) is 0 Å². The van der Waals surface area contributed by atoms with E-state index in [0.29, 0.717) is 5.56 Å². The van der Waals surface area contributed by atoms with Gasteiger partial charge in [-0.3, -0.25) is 0 Å². The average Bonchev–Trinajstić information content (AvgIpc) is 4.04. The number of fused-ring (bicyclic) bond motifs is 8. The summed E-state index contributed by atoms with van der Waals surface area (Å²) < 4.78 is 4.98. The van der Waals surface area contributed by atoms with Crippen LogP contribution in [0, 0.1) is 0 Å². The summed E-state index contributed by atoms with van der Waals surface area (Å²) in [5.74, 6) is -0.380. The first-order chi connectivity index (χ1) is 25.6. The third-order valence-corrected chi connectivity index (χ3v) is 9.54. The van der Waals surface area contributed by atoms with E-state index in [-0.39, 0.29) is 5.97 Å². The lowest BCUT2D eigenvalue weighted by Crippen LogP contribution is -2.00. The van der Waals surface area contributed by atoms with Gasteiger partial charge in [-0.25, -0.2) is 14.8 Å². The Hall–Kier alpha value is -7.05. The fourth-order valence-corrected chi connectivity index (χ4v) is 7.13. The number of nitrogens with zero attached hydrogens (tertiary/aromatic N) is 2. The summed E-state index contributed by atoms with van der Waals surface area (Å²) in [5.41, 5.74) is 15.5. The Kier molecular flexibility index (Phi) is 7.75. The zero-order valence-electron chi connectivity index (χ0n) is 28.3. The molecule has 5 heterocycles. The van der Waals surface area contributed by atoms with Gasteiger partial charge in [-0.1, -0.05) is 103 Å². The molecule has 248 valence electrons. The number of ether oxygens (including phenoxy) is 1. The first-order valence-electron chi connectivity index (χ1n) is 17.2. The number of benzene rings is 4. The van der Waals surface area contributed by atoms with Gasteiger partial charge in [0.05, 0.1) is 35.4 Å². The van der Waals surface area contributed by atoms with Crippen molar-refractivity contribution in [3.63, 3.8) is 0 Å². The molecule has 9 rings (SSSR count). The molecule has 2 N–H and O–H groups in total. The van der Waals surface area contributed by atoms with Gasteiger partial charge in [0.25, 0.3) is 0 Å². The van der Waals surface area contributed by atoms with Gasteiger partial charge in [0.1, 0.15) is 0 Å². The lowest BCUT2D eigenvalue weighted by molar-refractivity contribution is 0.0600. The standard InChI is InChI=1S/C46H32N4O2/c1-52-46(51)33-19-17-32(18-20-33)45-40-27-25-38(49-40)43(30-13-7-3-8-14-30)36-23-21-34(47-36)42(29-11-5-2-6-12-29)35-22-24-37(48-35)44(31-15-9-4-10-16-31)39-26-28-41(45)50-39/h2-28,47,50H,1H3. The molecule has 3 aromatic heterocycles. The molecule has 0 unspecified atom stereocenters. The van der Waals surface area contributed by atoms with Crippen LogP contribution in [0.1, 0.15) is 33.1 Å². The third kappa shape index (κ3) is 5.53. The fourth-order valence-electron chi connectivity index (χ4n) is 7.13. The van der Waals surface area contributed by atoms with Gasteiger partial charge in [-0.2, -0.15) is 0 Å². The molecule has 0 saturated heterocycles. The van der Waals surface area contributed by atoms with Crippen LogP contribution < -0.4 is 0 Å². The molecule has 2 aliphatic rings. The molecule has 0 amide bonds. The number of rotatable bonds is 5. The number of methoxy groups -OCH3 is 1. The van der Waals surface area contributed by atoms with Crippen LogP contribution in [0.5, 0.6) is 0 Å². The number of carbonyl (C=O) groups excluding carboxylic acids is 1. The van der Waals surface area contributed by atoms with Crippen molar-refractivity contribution in [2.45, 2.75) is 0 Å². The summed E-state index contributed by atoms with van der Waals surface area (Å²) in [6.45, 7) is 0. The molecule has 0 atom stereocenters. The predicted octanol–water partition coefficient (Wildman–Crippen LogP) is 11.1. The van der Waals surface area contributed by atoms with E-state index in [2.05, 4.69) is 107 Å². The third-order valence-electron chi connectivity index (χ3n) is 9.54. The summed E-state index contributed by atoms with van der Waals surface area (Å²) in [7, 11) is 1.39. The Balaban J connectivity index is 1.45. The highest BCUT2D eigenvalue weighted by Crippen LogP contribution is 2.38. The van der Waals surface area contributed by atoms with E-state index in [1.165, 1.54) is 7.11 Å². The summed E-state index contributed by atoms with van der Waals surface area (Å²) >= 11 is 0. The molecule has 0 radical (unpaired) electrons. The minimum atomic E-state index is -0.380. The van der Waals surface area contributed by atoms with E-state index in [1.54, 1.807) is 12.1 Å². The molecule has 0 fully saturated rings. The molecule has 52 heavy (non-hydrogen) atoms. The topological polar surface area (TPSA) is 83.7 Å². The van der Waals surface area contributed by atoms with Crippen molar-refractivity contribution < 1.29 is 9.53 Å². The second-order valence-electron chi connectivity index (χ2n) is 12.7. The van der Waals surface area contributed by atoms with Crippen molar-refractivity contribution in [1.29, 1.82) is 0 Å². The number of hydrogen-bond donors (Lipinski definition) is 2. The molecule has 4 aromatic carbocycles. The maximum Gasteiger partial charge on any atom is 0.337 e. The van der Waals surface area contributed by atoms with E-state index in [4.69, 9.17) is 14.7 Å². The first kappa shape index (κ1) is 31.0. The smallest absolute Gasteiger partial charge is 0.337 e. The van der Waals surface area contributed by atoms with Crippen LogP contribution in [-0.4, -0.2) is 33.0 Å². The van der Waals surface area contributed by atoms with Crippen molar-refractivity contribution in [2.24, 2.45) is 0 Å². The lowest BCUT2D eigenvalue weighted by Gasteiger charge is -2.07. The second kappa shape index (κ2) is 13.0. The minimum absolute atomic E-state index is 0.380. The Bertz CT molecular complexity index is 2670. The Morgan fingerprint density at radius 1 is 0.423 bits per heavy atom. The maximum absolute atomic E-state index is 12.4. The second-order valence-corrected chi connectivity index (χ2v) is 12.7. The van der Waals surface area contributed by atoms with Gasteiger partial charge in [0, 0.05) is 44.3 Å². The van der Waals surface area contributed by atoms with Crippen molar-refractivity contribution in [1.82, 2.24) is 19.9 Å². The Morgan fingerprint density at radius 2 is 0.731 bits per heavy atom. The highest BCUT2D eigenvalue weighted by molar-refractivity contribution is 6.00. The summed E-state index contributed by atoms with van der Waals surface area (Å²) in [6, 6.07) is 47.1. The number of hydrogen-bond acceptors (Lipinski definition) is 4. The van der Waals surface area contributed by atoms with Gasteiger partial charge in [0.2, 0.25) is 0 Å². The number of aromatic nitrogens is 4. The molecule has 0 aliphatic carbocycles. The Morgan fingerprint density at radius 3 is 1.04 bits per heavy atom. The van der Waals surface area contributed by atoms with Crippen LogP contribution in [0.25, 0.3) is 90.9 Å². The molecule has 6 heteroatoms. The maximum atomic E-state index is 12.4. The normalized spacial score (nSPS) is 11.9. The Labute approximate surface area is 300 Å². The molecular formula is C46H32N4O2. The van der Waals surface area contributed by atoms with Gasteiger partial charge >= 0.3 is 5.97 Å². The van der Waals surface area contributed by atoms with Crippen LogP contribution in [0.15, 0.2) is 140 Å². The first-order valence-corrected chi connectivity index (χ1v) is 17.2. The van der Waals surface area contributed by atoms with Crippen LogP contribution in [-0.2, 0) is 4.74 Å². The van der Waals surface area contributed by atoms with E-state index in [0.717, 1.165) is 89.4 Å². The summed E-state index contributed by atoms with van der Waals surface area (Å²) in [5, 5.41) is 0. The fraction of sp³-hybridized carbons (Fsp3) is 0.0217. The van der Waals surface area contributed by atoms with Crippen molar-refractivity contribution in [2.75, 3.05) is 7.11 Å². The largest absolute Gasteiger partial charge is 0.465 e. The molecule has 2 aliphatic heterocycles. The van der Waals surface area contributed by atoms with Crippen molar-refractivity contribution in [3.8, 4) is 44.5 Å². The van der Waals surface area contributed by atoms with E-state index < -0.39 is 0 Å². The SMILES string of the molecule is COC(=O)c1ccc(-c2c3nc(c(-c4ccccc4)c4ccc([nH]4)c(-c4ccccc4)c4nc(c(-c5ccccc5)c5ccc2[nH]5)C=C4)C=C3)cc1. The quantitative estimate of drug-likeness (QED) is 0.178. The predicted molar refractivity (Wildman–Crippen MR) is 212 cm³/mol. The molecule has 8 bridgehead atoms. The van der Waals surface area contributed by atoms with E-state index in [1.807, 2.05) is 54.6 Å². The number of esters is 1. The molecule has 6 nitrogen and oxygen atoms in total. The number of aromatic amines is 2. The summed E-state index contributed by atoms with van der Waals surface area (Å²) in [4.78, 5) is 30.6.